The first kappa shape index (κ1) is 17.9. The Morgan fingerprint density at radius 3 is 2.48 bits per heavy atom. The van der Waals surface area contributed by atoms with Gasteiger partial charge in [0, 0.05) is 24.7 Å². The highest BCUT2D eigenvalue weighted by Crippen LogP contribution is 2.24. The fourth-order valence-electron chi connectivity index (χ4n) is 3.13. The van der Waals surface area contributed by atoms with Crippen molar-refractivity contribution < 1.29 is 13.2 Å². The van der Waals surface area contributed by atoms with Crippen LogP contribution in [0, 0.1) is 6.92 Å². The second-order valence-corrected chi connectivity index (χ2v) is 8.21. The number of hydrogen-bond donors (Lipinski definition) is 1. The summed E-state index contributed by atoms with van der Waals surface area (Å²) in [5.74, 6) is -0.149. The van der Waals surface area contributed by atoms with Gasteiger partial charge in [-0.25, -0.2) is 8.42 Å². The van der Waals surface area contributed by atoms with E-state index in [1.165, 1.54) is 17.0 Å². The molecule has 1 aromatic rings. The van der Waals surface area contributed by atoms with Crippen molar-refractivity contribution in [2.24, 2.45) is 0 Å². The van der Waals surface area contributed by atoms with Gasteiger partial charge in [0.1, 0.15) is 0 Å². The predicted octanol–water partition coefficient (Wildman–Crippen LogP) is 2.92. The normalized spacial score (nSPS) is 16.5. The van der Waals surface area contributed by atoms with Crippen molar-refractivity contribution in [2.75, 3.05) is 18.1 Å². The van der Waals surface area contributed by atoms with Crippen LogP contribution in [0.5, 0.6) is 0 Å². The van der Waals surface area contributed by atoms with Gasteiger partial charge in [-0.1, -0.05) is 37.5 Å². The number of anilines is 1. The molecular formula is C17H26N2O3S. The Kier molecular flexibility index (Phi) is 6.18. The Morgan fingerprint density at radius 2 is 1.87 bits per heavy atom. The number of carbonyl (C=O) groups is 1. The molecular weight excluding hydrogens is 312 g/mol. The van der Waals surface area contributed by atoms with Crippen molar-refractivity contribution in [3.8, 4) is 0 Å². The molecule has 0 aliphatic heterocycles. The van der Waals surface area contributed by atoms with E-state index in [0.717, 1.165) is 36.9 Å². The minimum Gasteiger partial charge on any atom is -0.326 e. The van der Waals surface area contributed by atoms with Crippen LogP contribution < -0.4 is 5.32 Å². The van der Waals surface area contributed by atoms with Gasteiger partial charge in [-0.15, -0.1) is 0 Å². The standard InChI is InChI=1S/C17H26N2O3S/c1-14-8-6-7-11-16(14)18-17(20)12-13-19(23(2,21)22)15-9-4-3-5-10-15/h6-8,11,15H,3-5,9-10,12-13H2,1-2H3,(H,18,20). The van der Waals surface area contributed by atoms with Crippen molar-refractivity contribution in [2.45, 2.75) is 51.5 Å². The molecule has 0 bridgehead atoms. The Balaban J connectivity index is 1.95. The maximum absolute atomic E-state index is 12.1. The van der Waals surface area contributed by atoms with E-state index in [4.69, 9.17) is 0 Å². The van der Waals surface area contributed by atoms with Gasteiger partial charge in [0.05, 0.1) is 6.26 Å². The van der Waals surface area contributed by atoms with Gasteiger partial charge in [-0.2, -0.15) is 4.31 Å². The molecule has 23 heavy (non-hydrogen) atoms. The molecule has 0 saturated heterocycles. The number of amides is 1. The van der Waals surface area contributed by atoms with E-state index in [2.05, 4.69) is 5.32 Å². The summed E-state index contributed by atoms with van der Waals surface area (Å²) in [5.41, 5.74) is 1.77. The molecule has 1 N–H and O–H groups in total. The Bertz CT molecular complexity index is 637. The predicted molar refractivity (Wildman–Crippen MR) is 92.8 cm³/mol. The summed E-state index contributed by atoms with van der Waals surface area (Å²) in [6.07, 6.45) is 6.50. The number of nitrogens with zero attached hydrogens (tertiary/aromatic N) is 1. The Labute approximate surface area is 139 Å². The maximum Gasteiger partial charge on any atom is 0.225 e. The van der Waals surface area contributed by atoms with Crippen molar-refractivity contribution in [1.82, 2.24) is 4.31 Å². The van der Waals surface area contributed by atoms with Gasteiger partial charge >= 0.3 is 0 Å². The first-order valence-electron chi connectivity index (χ1n) is 8.20. The summed E-state index contributed by atoms with van der Waals surface area (Å²) < 4.78 is 25.6. The number of carbonyl (C=O) groups excluding carboxylic acids is 1. The largest absolute Gasteiger partial charge is 0.326 e. The first-order valence-corrected chi connectivity index (χ1v) is 10.0. The van der Waals surface area contributed by atoms with E-state index in [-0.39, 0.29) is 24.9 Å². The number of aryl methyl sites for hydroxylation is 1. The molecule has 0 aromatic heterocycles. The molecule has 2 rings (SSSR count). The van der Waals surface area contributed by atoms with Crippen LogP contribution in [0.3, 0.4) is 0 Å². The van der Waals surface area contributed by atoms with Gasteiger partial charge in [0.15, 0.2) is 0 Å². The topological polar surface area (TPSA) is 66.5 Å². The average Bonchev–Trinajstić information content (AvgIpc) is 2.49. The molecule has 1 saturated carbocycles. The molecule has 5 nitrogen and oxygen atoms in total. The lowest BCUT2D eigenvalue weighted by Gasteiger charge is -2.32. The number of nitrogens with one attached hydrogen (secondary N) is 1. The molecule has 0 spiro atoms. The van der Waals surface area contributed by atoms with Gasteiger partial charge < -0.3 is 5.32 Å². The van der Waals surface area contributed by atoms with E-state index in [1.807, 2.05) is 31.2 Å². The zero-order valence-electron chi connectivity index (χ0n) is 13.9. The van der Waals surface area contributed by atoms with E-state index < -0.39 is 10.0 Å². The summed E-state index contributed by atoms with van der Waals surface area (Å²) in [7, 11) is -3.29. The van der Waals surface area contributed by atoms with Crippen LogP contribution in [0.15, 0.2) is 24.3 Å². The molecule has 0 heterocycles. The van der Waals surface area contributed by atoms with E-state index in [0.29, 0.717) is 0 Å². The Morgan fingerprint density at radius 1 is 1.22 bits per heavy atom. The van der Waals surface area contributed by atoms with E-state index in [1.54, 1.807) is 0 Å². The second kappa shape index (κ2) is 7.93. The van der Waals surface area contributed by atoms with Crippen molar-refractivity contribution in [3.63, 3.8) is 0 Å². The number of para-hydroxylation sites is 1. The smallest absolute Gasteiger partial charge is 0.225 e. The molecule has 0 atom stereocenters. The van der Waals surface area contributed by atoms with Gasteiger partial charge in [-0.3, -0.25) is 4.79 Å². The van der Waals surface area contributed by atoms with E-state index >= 15 is 0 Å². The monoisotopic (exact) mass is 338 g/mol. The fraction of sp³-hybridized carbons (Fsp3) is 0.588. The highest BCUT2D eigenvalue weighted by atomic mass is 32.2. The molecule has 1 fully saturated rings. The minimum absolute atomic E-state index is 0.0463. The maximum atomic E-state index is 12.1. The van der Waals surface area contributed by atoms with Crippen molar-refractivity contribution >= 4 is 21.6 Å². The third-order valence-corrected chi connectivity index (χ3v) is 5.72. The van der Waals surface area contributed by atoms with Crippen LogP contribution >= 0.6 is 0 Å². The molecule has 1 aliphatic rings. The van der Waals surface area contributed by atoms with Gasteiger partial charge in [0.25, 0.3) is 0 Å². The third kappa shape index (κ3) is 5.32. The molecule has 0 radical (unpaired) electrons. The number of hydrogen-bond acceptors (Lipinski definition) is 3. The fourth-order valence-corrected chi connectivity index (χ4v) is 4.30. The van der Waals surface area contributed by atoms with Crippen LogP contribution in [0.1, 0.15) is 44.1 Å². The second-order valence-electron chi connectivity index (χ2n) is 6.28. The van der Waals surface area contributed by atoms with Crippen LogP contribution in [0.25, 0.3) is 0 Å². The average molecular weight is 338 g/mol. The summed E-state index contributed by atoms with van der Waals surface area (Å²) >= 11 is 0. The summed E-state index contributed by atoms with van der Waals surface area (Å²) in [5, 5.41) is 2.86. The summed E-state index contributed by atoms with van der Waals surface area (Å²) in [6, 6.07) is 7.61. The molecule has 6 heteroatoms. The minimum atomic E-state index is -3.29. The summed E-state index contributed by atoms with van der Waals surface area (Å²) in [6.45, 7) is 2.18. The van der Waals surface area contributed by atoms with Crippen LogP contribution in [-0.4, -0.2) is 37.5 Å². The highest BCUT2D eigenvalue weighted by molar-refractivity contribution is 7.88. The van der Waals surface area contributed by atoms with Crippen molar-refractivity contribution in [1.29, 1.82) is 0 Å². The van der Waals surface area contributed by atoms with E-state index in [9.17, 15) is 13.2 Å². The number of benzene rings is 1. The van der Waals surface area contributed by atoms with Crippen LogP contribution in [0.4, 0.5) is 5.69 Å². The molecule has 1 amide bonds. The zero-order valence-corrected chi connectivity index (χ0v) is 14.7. The third-order valence-electron chi connectivity index (χ3n) is 4.39. The molecule has 0 unspecified atom stereocenters. The number of sulfonamides is 1. The molecule has 1 aromatic carbocycles. The van der Waals surface area contributed by atoms with Crippen molar-refractivity contribution in [3.05, 3.63) is 29.8 Å². The quantitative estimate of drug-likeness (QED) is 0.867. The SMILES string of the molecule is Cc1ccccc1NC(=O)CCN(C1CCCCC1)S(C)(=O)=O. The lowest BCUT2D eigenvalue weighted by molar-refractivity contribution is -0.116. The lowest BCUT2D eigenvalue weighted by Crippen LogP contribution is -2.42. The molecule has 128 valence electrons. The van der Waals surface area contributed by atoms with Crippen LogP contribution in [-0.2, 0) is 14.8 Å². The lowest BCUT2D eigenvalue weighted by atomic mass is 9.95. The number of rotatable bonds is 6. The Hall–Kier alpha value is -1.40. The van der Waals surface area contributed by atoms with Gasteiger partial charge in [0.2, 0.25) is 15.9 Å². The summed E-state index contributed by atoms with van der Waals surface area (Å²) in [4.78, 5) is 12.1. The zero-order chi connectivity index (χ0) is 16.9. The first-order chi connectivity index (χ1) is 10.9. The van der Waals surface area contributed by atoms with Gasteiger partial charge in [-0.05, 0) is 31.4 Å². The van der Waals surface area contributed by atoms with Crippen LogP contribution in [0.2, 0.25) is 0 Å². The molecule has 1 aliphatic carbocycles. The highest BCUT2D eigenvalue weighted by Gasteiger charge is 2.28.